The maximum Gasteiger partial charge on any atom is 0.234 e. The molecule has 2 aromatic rings. The van der Waals surface area contributed by atoms with Crippen molar-refractivity contribution in [3.05, 3.63) is 27.7 Å². The Labute approximate surface area is 166 Å². The van der Waals surface area contributed by atoms with Crippen molar-refractivity contribution in [2.45, 2.75) is 30.1 Å². The van der Waals surface area contributed by atoms with Crippen molar-refractivity contribution in [2.24, 2.45) is 0 Å². The minimum atomic E-state index is -0.184. The van der Waals surface area contributed by atoms with Crippen molar-refractivity contribution in [3.8, 4) is 0 Å². The molecular weight excluding hydrogens is 448 g/mol. The molecule has 0 bridgehead atoms. The standard InChI is InChI=1S/C15H14BrClN4O2S2/c1-8(22)21(10-3-4-10)14-19-20-15(25-14)24-7-13(23)18-12-5-2-9(16)6-11(12)17/h2,5-6,10H,3-4,7H2,1H3,(H,18,23). The molecule has 132 valence electrons. The van der Waals surface area contributed by atoms with Crippen LogP contribution >= 0.6 is 50.6 Å². The lowest BCUT2D eigenvalue weighted by Gasteiger charge is -2.15. The summed E-state index contributed by atoms with van der Waals surface area (Å²) >= 11 is 12.0. The minimum Gasteiger partial charge on any atom is -0.324 e. The molecule has 0 unspecified atom stereocenters. The fourth-order valence-electron chi connectivity index (χ4n) is 2.14. The van der Waals surface area contributed by atoms with E-state index in [9.17, 15) is 9.59 Å². The van der Waals surface area contributed by atoms with Crippen LogP contribution in [0.15, 0.2) is 27.0 Å². The van der Waals surface area contributed by atoms with Crippen molar-refractivity contribution in [1.29, 1.82) is 0 Å². The third-order valence-electron chi connectivity index (χ3n) is 3.39. The Bertz CT molecular complexity index is 813. The molecule has 1 aromatic carbocycles. The average Bonchev–Trinajstić information content (AvgIpc) is 3.26. The summed E-state index contributed by atoms with van der Waals surface area (Å²) < 4.78 is 1.50. The van der Waals surface area contributed by atoms with Crippen molar-refractivity contribution < 1.29 is 9.59 Å². The van der Waals surface area contributed by atoms with Gasteiger partial charge in [-0.1, -0.05) is 50.6 Å². The minimum absolute atomic E-state index is 0.0298. The molecule has 1 aliphatic rings. The molecule has 0 aliphatic heterocycles. The number of carbonyl (C=O) groups excluding carboxylic acids is 2. The maximum absolute atomic E-state index is 12.1. The molecule has 25 heavy (non-hydrogen) atoms. The van der Waals surface area contributed by atoms with Gasteiger partial charge in [-0.15, -0.1) is 10.2 Å². The molecule has 6 nitrogen and oxygen atoms in total. The van der Waals surface area contributed by atoms with Crippen LogP contribution in [0.3, 0.4) is 0 Å². The van der Waals surface area contributed by atoms with Gasteiger partial charge in [-0.2, -0.15) is 0 Å². The molecule has 0 saturated heterocycles. The highest BCUT2D eigenvalue weighted by Crippen LogP contribution is 2.35. The van der Waals surface area contributed by atoms with Crippen LogP contribution in [0.4, 0.5) is 10.8 Å². The Morgan fingerprint density at radius 3 is 2.84 bits per heavy atom. The van der Waals surface area contributed by atoms with E-state index in [1.807, 2.05) is 0 Å². The average molecular weight is 462 g/mol. The monoisotopic (exact) mass is 460 g/mol. The van der Waals surface area contributed by atoms with Crippen LogP contribution in [-0.2, 0) is 9.59 Å². The summed E-state index contributed by atoms with van der Waals surface area (Å²) in [5.41, 5.74) is 0.560. The lowest BCUT2D eigenvalue weighted by molar-refractivity contribution is -0.116. The van der Waals surface area contributed by atoms with Crippen molar-refractivity contribution in [3.63, 3.8) is 0 Å². The zero-order valence-corrected chi connectivity index (χ0v) is 17.1. The van der Waals surface area contributed by atoms with E-state index in [2.05, 4.69) is 31.4 Å². The van der Waals surface area contributed by atoms with Gasteiger partial charge in [-0.05, 0) is 31.0 Å². The van der Waals surface area contributed by atoms with E-state index in [4.69, 9.17) is 11.6 Å². The summed E-state index contributed by atoms with van der Waals surface area (Å²) in [6.07, 6.45) is 2.00. The molecule has 0 atom stereocenters. The Morgan fingerprint density at radius 1 is 1.44 bits per heavy atom. The fourth-order valence-corrected chi connectivity index (χ4v) is 4.62. The summed E-state index contributed by atoms with van der Waals surface area (Å²) in [6, 6.07) is 5.50. The molecule has 1 heterocycles. The van der Waals surface area contributed by atoms with E-state index in [-0.39, 0.29) is 23.6 Å². The van der Waals surface area contributed by atoms with E-state index in [1.54, 1.807) is 23.1 Å². The molecular formula is C15H14BrClN4O2S2. The van der Waals surface area contributed by atoms with E-state index in [1.165, 1.54) is 30.0 Å². The molecule has 1 saturated carbocycles. The van der Waals surface area contributed by atoms with E-state index >= 15 is 0 Å². The number of thioether (sulfide) groups is 1. The number of nitrogens with one attached hydrogen (secondary N) is 1. The molecule has 3 rings (SSSR count). The van der Waals surface area contributed by atoms with Gasteiger partial charge in [0.25, 0.3) is 0 Å². The quantitative estimate of drug-likeness (QED) is 0.515. The Kier molecular flexibility index (Phi) is 5.98. The zero-order chi connectivity index (χ0) is 18.0. The first-order valence-corrected chi connectivity index (χ1v) is 10.4. The fraction of sp³-hybridized carbons (Fsp3) is 0.333. The van der Waals surface area contributed by atoms with Gasteiger partial charge in [-0.3, -0.25) is 14.5 Å². The second-order valence-corrected chi connectivity index (χ2v) is 8.93. The number of rotatable bonds is 6. The summed E-state index contributed by atoms with van der Waals surface area (Å²) in [4.78, 5) is 25.5. The van der Waals surface area contributed by atoms with Crippen LogP contribution in [0, 0.1) is 0 Å². The van der Waals surface area contributed by atoms with Crippen LogP contribution in [0.1, 0.15) is 19.8 Å². The second kappa shape index (κ2) is 8.03. The van der Waals surface area contributed by atoms with Gasteiger partial charge < -0.3 is 5.32 Å². The topological polar surface area (TPSA) is 75.2 Å². The van der Waals surface area contributed by atoms with Crippen molar-refractivity contribution >= 4 is 73.3 Å². The Balaban J connectivity index is 1.56. The first kappa shape index (κ1) is 18.6. The maximum atomic E-state index is 12.1. The number of hydrogen-bond donors (Lipinski definition) is 1. The highest BCUT2D eigenvalue weighted by molar-refractivity contribution is 9.10. The molecule has 10 heteroatoms. The Morgan fingerprint density at radius 2 is 2.20 bits per heavy atom. The number of anilines is 2. The summed E-state index contributed by atoms with van der Waals surface area (Å²) in [5, 5.41) is 12.0. The first-order valence-electron chi connectivity index (χ1n) is 7.45. The number of halogens is 2. The summed E-state index contributed by atoms with van der Waals surface area (Å²) in [5.74, 6) is -0.0285. The SMILES string of the molecule is CC(=O)N(c1nnc(SCC(=O)Nc2ccc(Br)cc2Cl)s1)C1CC1. The predicted octanol–water partition coefficient (Wildman–Crippen LogP) is 4.20. The van der Waals surface area contributed by atoms with E-state index < -0.39 is 0 Å². The summed E-state index contributed by atoms with van der Waals surface area (Å²) in [7, 11) is 0. The van der Waals surface area contributed by atoms with Gasteiger partial charge >= 0.3 is 0 Å². The molecule has 1 N–H and O–H groups in total. The summed E-state index contributed by atoms with van der Waals surface area (Å²) in [6.45, 7) is 1.53. The van der Waals surface area contributed by atoms with Gasteiger partial charge in [0, 0.05) is 17.4 Å². The lowest BCUT2D eigenvalue weighted by atomic mass is 10.3. The van der Waals surface area contributed by atoms with Crippen LogP contribution < -0.4 is 10.2 Å². The van der Waals surface area contributed by atoms with E-state index in [0.717, 1.165) is 17.3 Å². The smallest absolute Gasteiger partial charge is 0.234 e. The van der Waals surface area contributed by atoms with Gasteiger partial charge in [0.2, 0.25) is 16.9 Å². The number of amides is 2. The largest absolute Gasteiger partial charge is 0.324 e. The zero-order valence-electron chi connectivity index (χ0n) is 13.2. The van der Waals surface area contributed by atoms with E-state index in [0.29, 0.717) is 20.2 Å². The molecule has 1 aliphatic carbocycles. The van der Waals surface area contributed by atoms with Crippen molar-refractivity contribution in [1.82, 2.24) is 10.2 Å². The number of nitrogens with zero attached hydrogens (tertiary/aromatic N) is 3. The molecule has 2 amide bonds. The Hall–Kier alpha value is -1.16. The van der Waals surface area contributed by atoms with Crippen LogP contribution in [0.5, 0.6) is 0 Å². The molecule has 0 radical (unpaired) electrons. The third kappa shape index (κ3) is 4.93. The third-order valence-corrected chi connectivity index (χ3v) is 6.25. The van der Waals surface area contributed by atoms with Gasteiger partial charge in [0.05, 0.1) is 16.5 Å². The number of hydrogen-bond acceptors (Lipinski definition) is 6. The van der Waals surface area contributed by atoms with Crippen LogP contribution in [-0.4, -0.2) is 33.8 Å². The molecule has 1 aromatic heterocycles. The lowest BCUT2D eigenvalue weighted by Crippen LogP contribution is -2.30. The van der Waals surface area contributed by atoms with Gasteiger partial charge in [-0.25, -0.2) is 0 Å². The van der Waals surface area contributed by atoms with Crippen LogP contribution in [0.25, 0.3) is 0 Å². The van der Waals surface area contributed by atoms with Gasteiger partial charge in [0.1, 0.15) is 0 Å². The number of aromatic nitrogens is 2. The molecule has 1 fully saturated rings. The predicted molar refractivity (Wildman–Crippen MR) is 105 cm³/mol. The molecule has 0 spiro atoms. The highest BCUT2D eigenvalue weighted by Gasteiger charge is 2.34. The van der Waals surface area contributed by atoms with Crippen molar-refractivity contribution in [2.75, 3.05) is 16.0 Å². The van der Waals surface area contributed by atoms with Crippen LogP contribution in [0.2, 0.25) is 5.02 Å². The highest BCUT2D eigenvalue weighted by atomic mass is 79.9. The van der Waals surface area contributed by atoms with Gasteiger partial charge in [0.15, 0.2) is 4.34 Å². The first-order chi connectivity index (χ1) is 11.9. The normalized spacial score (nSPS) is 13.6. The number of benzene rings is 1. The number of carbonyl (C=O) groups is 2. The second-order valence-electron chi connectivity index (χ2n) is 5.43.